The first-order chi connectivity index (χ1) is 19.5. The fraction of sp³-hybridized carbons (Fsp3) is 0.128. The molecule has 0 saturated carbocycles. The van der Waals surface area contributed by atoms with Gasteiger partial charge in [0.2, 0.25) is 0 Å². The van der Waals surface area contributed by atoms with E-state index in [0.29, 0.717) is 0 Å². The number of benzene rings is 5. The number of hydrogen-bond donors (Lipinski definition) is 0. The Labute approximate surface area is 238 Å². The zero-order chi connectivity index (χ0) is 27.7. The average molecular weight is 519 g/mol. The molecule has 196 valence electrons. The lowest BCUT2D eigenvalue weighted by Gasteiger charge is -2.33. The lowest BCUT2D eigenvalue weighted by molar-refractivity contribution is 0.471. The van der Waals surface area contributed by atoms with E-state index >= 15 is 0 Å². The zero-order valence-electron chi connectivity index (χ0n) is 23.3. The van der Waals surface area contributed by atoms with Gasteiger partial charge in [-0.2, -0.15) is 0 Å². The van der Waals surface area contributed by atoms with Crippen molar-refractivity contribution in [3.8, 4) is 22.6 Å². The fourth-order valence-corrected chi connectivity index (χ4v) is 6.13. The second-order valence-corrected chi connectivity index (χ2v) is 11.0. The van der Waals surface area contributed by atoms with Crippen molar-refractivity contribution in [1.29, 1.82) is 0 Å². The zero-order valence-corrected chi connectivity index (χ0v) is 23.3. The van der Waals surface area contributed by atoms with Crippen LogP contribution in [-0.2, 0) is 18.3 Å². The highest BCUT2D eigenvalue weighted by Gasteiger charge is 2.43. The molecule has 0 aliphatic heterocycles. The fourth-order valence-electron chi connectivity index (χ4n) is 6.13. The molecule has 0 radical (unpaired) electrons. The molecular formula is C39H34O. The van der Waals surface area contributed by atoms with Crippen LogP contribution < -0.4 is 4.74 Å². The quantitative estimate of drug-likeness (QED) is 0.199. The monoisotopic (exact) mass is 518 g/mol. The second-order valence-electron chi connectivity index (χ2n) is 11.0. The van der Waals surface area contributed by atoms with Gasteiger partial charge in [0.1, 0.15) is 11.5 Å². The normalized spacial score (nSPS) is 12.8. The molecule has 0 heterocycles. The highest BCUT2D eigenvalue weighted by atomic mass is 16.5. The van der Waals surface area contributed by atoms with Crippen molar-refractivity contribution >= 4 is 12.2 Å². The van der Waals surface area contributed by atoms with Crippen LogP contribution in [0.3, 0.4) is 0 Å². The van der Waals surface area contributed by atoms with E-state index in [-0.39, 0.29) is 5.41 Å². The third-order valence-corrected chi connectivity index (χ3v) is 8.25. The van der Waals surface area contributed by atoms with E-state index in [1.165, 1.54) is 38.9 Å². The molecule has 0 N–H and O–H groups in total. The predicted molar refractivity (Wildman–Crippen MR) is 169 cm³/mol. The molecular weight excluding hydrogens is 484 g/mol. The topological polar surface area (TPSA) is 9.23 Å². The Morgan fingerprint density at radius 1 is 0.625 bits per heavy atom. The molecule has 0 saturated heterocycles. The van der Waals surface area contributed by atoms with E-state index in [9.17, 15) is 0 Å². The van der Waals surface area contributed by atoms with Gasteiger partial charge in [-0.1, -0.05) is 116 Å². The third-order valence-electron chi connectivity index (χ3n) is 8.25. The van der Waals surface area contributed by atoms with Gasteiger partial charge in [0, 0.05) is 5.41 Å². The van der Waals surface area contributed by atoms with Crippen LogP contribution in [0.2, 0.25) is 0 Å². The minimum atomic E-state index is -0.252. The highest BCUT2D eigenvalue weighted by Crippen LogP contribution is 2.53. The molecule has 0 spiro atoms. The summed E-state index contributed by atoms with van der Waals surface area (Å²) in [4.78, 5) is 0. The van der Waals surface area contributed by atoms with Crippen LogP contribution in [0, 0.1) is 13.8 Å². The summed E-state index contributed by atoms with van der Waals surface area (Å²) in [7, 11) is 0. The van der Waals surface area contributed by atoms with E-state index < -0.39 is 0 Å². The molecule has 40 heavy (non-hydrogen) atoms. The van der Waals surface area contributed by atoms with Crippen molar-refractivity contribution in [2.75, 3.05) is 0 Å². The molecule has 1 aliphatic rings. The molecule has 0 amide bonds. The molecule has 0 atom stereocenters. The van der Waals surface area contributed by atoms with Gasteiger partial charge in [-0.3, -0.25) is 0 Å². The largest absolute Gasteiger partial charge is 0.457 e. The first kappa shape index (κ1) is 25.6. The van der Waals surface area contributed by atoms with Gasteiger partial charge in [-0.25, -0.2) is 0 Å². The smallest absolute Gasteiger partial charge is 0.130 e. The van der Waals surface area contributed by atoms with Crippen molar-refractivity contribution in [2.45, 2.75) is 32.1 Å². The SMILES string of the molecule is C=Cc1ccc(CC2(Cc3ccc(C=C)cc3)c3ccccc3-c3ccc(Oc4cc(C)ccc4C)cc32)cc1. The summed E-state index contributed by atoms with van der Waals surface area (Å²) in [5.74, 6) is 1.77. The van der Waals surface area contributed by atoms with Crippen LogP contribution >= 0.6 is 0 Å². The van der Waals surface area contributed by atoms with E-state index in [4.69, 9.17) is 4.74 Å². The van der Waals surface area contributed by atoms with E-state index in [1.807, 2.05) is 12.2 Å². The molecule has 6 rings (SSSR count). The molecule has 0 unspecified atom stereocenters. The third kappa shape index (κ3) is 4.69. The van der Waals surface area contributed by atoms with Gasteiger partial charge < -0.3 is 4.74 Å². The van der Waals surface area contributed by atoms with Gasteiger partial charge in [0.05, 0.1) is 0 Å². The van der Waals surface area contributed by atoms with Crippen LogP contribution in [0.25, 0.3) is 23.3 Å². The Bertz CT molecular complexity index is 1650. The van der Waals surface area contributed by atoms with Crippen molar-refractivity contribution in [3.05, 3.63) is 167 Å². The Morgan fingerprint density at radius 2 is 1.23 bits per heavy atom. The summed E-state index contributed by atoms with van der Waals surface area (Å²) >= 11 is 0. The maximum Gasteiger partial charge on any atom is 0.130 e. The van der Waals surface area contributed by atoms with Crippen LogP contribution in [0.1, 0.15) is 44.5 Å². The van der Waals surface area contributed by atoms with Crippen LogP contribution in [0.4, 0.5) is 0 Å². The summed E-state index contributed by atoms with van der Waals surface area (Å²) in [6.07, 6.45) is 5.56. The number of hydrogen-bond acceptors (Lipinski definition) is 1. The average Bonchev–Trinajstić information content (AvgIpc) is 3.24. The first-order valence-corrected chi connectivity index (χ1v) is 13.9. The van der Waals surface area contributed by atoms with Gasteiger partial charge >= 0.3 is 0 Å². The second kappa shape index (κ2) is 10.5. The van der Waals surface area contributed by atoms with Crippen molar-refractivity contribution in [3.63, 3.8) is 0 Å². The highest BCUT2D eigenvalue weighted by molar-refractivity contribution is 5.82. The van der Waals surface area contributed by atoms with Crippen LogP contribution in [0.5, 0.6) is 11.5 Å². The predicted octanol–water partition coefficient (Wildman–Crippen LogP) is 10.1. The molecule has 0 aromatic heterocycles. The summed E-state index contributed by atoms with van der Waals surface area (Å²) in [5, 5.41) is 0. The maximum absolute atomic E-state index is 6.55. The molecule has 5 aromatic carbocycles. The van der Waals surface area contributed by atoms with Crippen molar-refractivity contribution in [1.82, 2.24) is 0 Å². The van der Waals surface area contributed by atoms with Crippen LogP contribution in [-0.4, -0.2) is 0 Å². The molecule has 1 heteroatoms. The van der Waals surface area contributed by atoms with Gasteiger partial charge in [0.25, 0.3) is 0 Å². The van der Waals surface area contributed by atoms with Gasteiger partial charge in [-0.15, -0.1) is 0 Å². The molecule has 5 aromatic rings. The van der Waals surface area contributed by atoms with Gasteiger partial charge in [-0.05, 0) is 101 Å². The van der Waals surface area contributed by atoms with E-state index in [2.05, 4.69) is 136 Å². The minimum Gasteiger partial charge on any atom is -0.457 e. The first-order valence-electron chi connectivity index (χ1n) is 13.9. The molecule has 1 nitrogen and oxygen atoms in total. The summed E-state index contributed by atoms with van der Waals surface area (Å²) in [6, 6.07) is 39.6. The van der Waals surface area contributed by atoms with Crippen molar-refractivity contribution < 1.29 is 4.74 Å². The Kier molecular flexibility index (Phi) is 6.74. The Hall–Kier alpha value is -4.62. The van der Waals surface area contributed by atoms with E-state index in [0.717, 1.165) is 41.0 Å². The summed E-state index contributed by atoms with van der Waals surface area (Å²) in [6.45, 7) is 12.1. The van der Waals surface area contributed by atoms with Crippen molar-refractivity contribution in [2.24, 2.45) is 0 Å². The van der Waals surface area contributed by atoms with Crippen LogP contribution in [0.15, 0.2) is 122 Å². The molecule has 0 bridgehead atoms. The lowest BCUT2D eigenvalue weighted by atomic mass is 9.69. The number of aryl methyl sites for hydroxylation is 2. The Morgan fingerprint density at radius 3 is 1.85 bits per heavy atom. The summed E-state index contributed by atoms with van der Waals surface area (Å²) < 4.78 is 6.55. The molecule has 0 fully saturated rings. The maximum atomic E-state index is 6.55. The standard InChI is InChI=1S/C39H34O/c1-5-29-13-17-31(18-14-29)25-39(26-32-19-15-30(6-2)16-20-32)36-10-8-7-9-34(36)35-22-21-33(24-37(35)39)40-38-23-27(3)11-12-28(38)4/h5-24H,1-2,25-26H2,3-4H3. The number of fused-ring (bicyclic) bond motifs is 3. The Balaban J connectivity index is 1.52. The minimum absolute atomic E-state index is 0.252. The lowest BCUT2D eigenvalue weighted by Crippen LogP contribution is -2.31. The van der Waals surface area contributed by atoms with Gasteiger partial charge in [0.15, 0.2) is 0 Å². The number of rotatable bonds is 8. The van der Waals surface area contributed by atoms with E-state index in [1.54, 1.807) is 0 Å². The molecule has 1 aliphatic carbocycles. The summed E-state index contributed by atoms with van der Waals surface area (Å²) in [5.41, 5.74) is 12.2. The number of ether oxygens (including phenoxy) is 1.